The topological polar surface area (TPSA) is 38.7 Å². The Labute approximate surface area is 310 Å². The van der Waals surface area contributed by atoms with Crippen LogP contribution in [0, 0.1) is 0 Å². The van der Waals surface area contributed by atoms with Crippen molar-refractivity contribution >= 4 is 40.0 Å². The molecule has 1 aromatic heterocycles. The van der Waals surface area contributed by atoms with Crippen LogP contribution in [0.15, 0.2) is 176 Å². The van der Waals surface area contributed by atoms with E-state index in [1.165, 1.54) is 43.4 Å². The second-order valence-electron chi connectivity index (χ2n) is 14.4. The maximum absolute atomic E-state index is 5.33. The van der Waals surface area contributed by atoms with Crippen LogP contribution in [-0.2, 0) is 0 Å². The van der Waals surface area contributed by atoms with Gasteiger partial charge in [0.05, 0.1) is 0 Å². The minimum atomic E-state index is -2.01. The van der Waals surface area contributed by atoms with Crippen molar-refractivity contribution in [2.45, 2.75) is 13.1 Å². The van der Waals surface area contributed by atoms with Gasteiger partial charge in [-0.05, 0) is 71.4 Å². The SMILES string of the molecule is C[Si]1(C)c2ccccc2-c2cccc(-c3c4ccccc4c(-c4nc(-c5ccccc5)nc(-c5cccc(-c6ccccc6)c5)n4)c4ccccc34)c21. The average molecular weight is 694 g/mol. The van der Waals surface area contributed by atoms with Gasteiger partial charge in [0, 0.05) is 16.7 Å². The van der Waals surface area contributed by atoms with Crippen LogP contribution >= 0.6 is 0 Å². The fourth-order valence-corrected chi connectivity index (χ4v) is 12.0. The molecule has 0 unspecified atom stereocenters. The molecular weight excluding hydrogens is 659 g/mol. The molecule has 0 N–H and O–H groups in total. The molecule has 0 atom stereocenters. The van der Waals surface area contributed by atoms with E-state index in [9.17, 15) is 0 Å². The van der Waals surface area contributed by atoms with E-state index < -0.39 is 8.07 Å². The van der Waals surface area contributed by atoms with Crippen molar-refractivity contribution in [2.24, 2.45) is 0 Å². The third kappa shape index (κ3) is 5.06. The lowest BCUT2D eigenvalue weighted by molar-refractivity contribution is 1.08. The highest BCUT2D eigenvalue weighted by molar-refractivity contribution is 7.04. The molecule has 250 valence electrons. The number of hydrogen-bond donors (Lipinski definition) is 0. The van der Waals surface area contributed by atoms with Crippen LogP contribution in [0.5, 0.6) is 0 Å². The predicted molar refractivity (Wildman–Crippen MR) is 224 cm³/mol. The zero-order chi connectivity index (χ0) is 35.5. The second kappa shape index (κ2) is 12.3. The molecule has 0 bridgehead atoms. The van der Waals surface area contributed by atoms with E-state index in [0.29, 0.717) is 17.5 Å². The van der Waals surface area contributed by atoms with Crippen LogP contribution in [0.2, 0.25) is 13.1 Å². The van der Waals surface area contributed by atoms with Crippen molar-refractivity contribution in [3.63, 3.8) is 0 Å². The molecule has 8 aromatic carbocycles. The Balaban J connectivity index is 1.26. The van der Waals surface area contributed by atoms with Gasteiger partial charge in [0.1, 0.15) is 8.07 Å². The first-order chi connectivity index (χ1) is 26.1. The van der Waals surface area contributed by atoms with Crippen LogP contribution in [0.1, 0.15) is 0 Å². The minimum Gasteiger partial charge on any atom is -0.208 e. The van der Waals surface area contributed by atoms with Crippen LogP contribution in [-0.4, -0.2) is 23.0 Å². The lowest BCUT2D eigenvalue weighted by atomic mass is 9.87. The normalized spacial score (nSPS) is 12.9. The van der Waals surface area contributed by atoms with Crippen molar-refractivity contribution in [3.8, 4) is 67.5 Å². The van der Waals surface area contributed by atoms with Gasteiger partial charge in [0.25, 0.3) is 0 Å². The van der Waals surface area contributed by atoms with Gasteiger partial charge in [0.2, 0.25) is 0 Å². The first-order valence-corrected chi connectivity index (χ1v) is 21.2. The molecule has 0 saturated heterocycles. The molecule has 1 aliphatic rings. The summed E-state index contributed by atoms with van der Waals surface area (Å²) < 4.78 is 0. The molecule has 10 rings (SSSR count). The standard InChI is InChI=1S/C49H35N3Si/c1-53(2)43-30-14-13-23-36(43)41-28-16-29-42(46(41)53)44-37-24-9-11-26-39(37)45(40-27-12-10-25-38(40)44)49-51-47(33-19-7-4-8-20-33)50-48(52-49)35-22-15-21-34(31-35)32-17-5-3-6-18-32/h3-31H,1-2H3. The van der Waals surface area contributed by atoms with Crippen molar-refractivity contribution in [1.82, 2.24) is 15.0 Å². The van der Waals surface area contributed by atoms with Crippen molar-refractivity contribution in [3.05, 3.63) is 176 Å². The molecule has 2 heterocycles. The summed E-state index contributed by atoms with van der Waals surface area (Å²) in [6, 6.07) is 62.8. The summed E-state index contributed by atoms with van der Waals surface area (Å²) in [4.78, 5) is 15.7. The van der Waals surface area contributed by atoms with E-state index in [1.807, 2.05) is 24.3 Å². The quantitative estimate of drug-likeness (QED) is 0.133. The van der Waals surface area contributed by atoms with Gasteiger partial charge in [-0.25, -0.2) is 15.0 Å². The maximum atomic E-state index is 5.33. The Bertz CT molecular complexity index is 2810. The highest BCUT2D eigenvalue weighted by Gasteiger charge is 2.39. The van der Waals surface area contributed by atoms with E-state index in [4.69, 9.17) is 15.0 Å². The van der Waals surface area contributed by atoms with Gasteiger partial charge in [-0.3, -0.25) is 0 Å². The highest BCUT2D eigenvalue weighted by Crippen LogP contribution is 2.45. The molecule has 0 fully saturated rings. The Kier molecular flexibility index (Phi) is 7.27. The van der Waals surface area contributed by atoms with E-state index in [2.05, 4.69) is 165 Å². The van der Waals surface area contributed by atoms with E-state index in [0.717, 1.165) is 38.6 Å². The summed E-state index contributed by atoms with van der Waals surface area (Å²) in [6.07, 6.45) is 0. The molecule has 0 amide bonds. The lowest BCUT2D eigenvalue weighted by Gasteiger charge is -2.24. The third-order valence-electron chi connectivity index (χ3n) is 10.9. The van der Waals surface area contributed by atoms with Gasteiger partial charge < -0.3 is 0 Å². The van der Waals surface area contributed by atoms with Crippen LogP contribution in [0.25, 0.3) is 89.1 Å². The van der Waals surface area contributed by atoms with Crippen LogP contribution in [0.4, 0.5) is 0 Å². The molecule has 9 aromatic rings. The Hall–Kier alpha value is -6.49. The number of aromatic nitrogens is 3. The van der Waals surface area contributed by atoms with E-state index >= 15 is 0 Å². The summed E-state index contributed by atoms with van der Waals surface area (Å²) >= 11 is 0. The van der Waals surface area contributed by atoms with E-state index in [1.54, 1.807) is 0 Å². The van der Waals surface area contributed by atoms with Crippen molar-refractivity contribution < 1.29 is 0 Å². The summed E-state index contributed by atoms with van der Waals surface area (Å²) in [7, 11) is -2.01. The van der Waals surface area contributed by atoms with Crippen LogP contribution in [0.3, 0.4) is 0 Å². The fraction of sp³-hybridized carbons (Fsp3) is 0.0408. The monoisotopic (exact) mass is 693 g/mol. The Morgan fingerprint density at radius 3 is 1.47 bits per heavy atom. The number of hydrogen-bond acceptors (Lipinski definition) is 3. The van der Waals surface area contributed by atoms with Crippen LogP contribution < -0.4 is 10.4 Å². The maximum Gasteiger partial charge on any atom is 0.165 e. The van der Waals surface area contributed by atoms with Gasteiger partial charge in [-0.2, -0.15) is 0 Å². The fourth-order valence-electron chi connectivity index (χ4n) is 8.52. The third-order valence-corrected chi connectivity index (χ3v) is 14.5. The van der Waals surface area contributed by atoms with Gasteiger partial charge >= 0.3 is 0 Å². The number of benzene rings is 8. The van der Waals surface area contributed by atoms with E-state index in [-0.39, 0.29) is 0 Å². The molecule has 3 nitrogen and oxygen atoms in total. The van der Waals surface area contributed by atoms with Gasteiger partial charge in [0.15, 0.2) is 17.5 Å². The number of nitrogens with zero attached hydrogens (tertiary/aromatic N) is 3. The van der Waals surface area contributed by atoms with Crippen molar-refractivity contribution in [2.75, 3.05) is 0 Å². The molecule has 4 heteroatoms. The largest absolute Gasteiger partial charge is 0.208 e. The molecule has 0 spiro atoms. The number of rotatable bonds is 5. The predicted octanol–water partition coefficient (Wildman–Crippen LogP) is 11.3. The second-order valence-corrected chi connectivity index (χ2v) is 18.6. The molecule has 0 radical (unpaired) electrons. The zero-order valence-corrected chi connectivity index (χ0v) is 30.6. The molecule has 0 aliphatic carbocycles. The molecule has 53 heavy (non-hydrogen) atoms. The summed E-state index contributed by atoms with van der Waals surface area (Å²) in [5, 5.41) is 7.67. The lowest BCUT2D eigenvalue weighted by Crippen LogP contribution is -2.50. The van der Waals surface area contributed by atoms with Gasteiger partial charge in [-0.15, -0.1) is 0 Å². The van der Waals surface area contributed by atoms with Gasteiger partial charge in [-0.1, -0.05) is 183 Å². The average Bonchev–Trinajstić information content (AvgIpc) is 3.46. The first kappa shape index (κ1) is 31.3. The summed E-state index contributed by atoms with van der Waals surface area (Å²) in [5.74, 6) is 1.97. The highest BCUT2D eigenvalue weighted by atomic mass is 28.3. The Morgan fingerprint density at radius 2 is 0.792 bits per heavy atom. The minimum absolute atomic E-state index is 0.648. The number of fused-ring (bicyclic) bond motifs is 5. The zero-order valence-electron chi connectivity index (χ0n) is 29.6. The first-order valence-electron chi connectivity index (χ1n) is 18.2. The molecular formula is C49H35N3Si. The molecule has 0 saturated carbocycles. The molecule has 1 aliphatic heterocycles. The van der Waals surface area contributed by atoms with Crippen molar-refractivity contribution in [1.29, 1.82) is 0 Å². The summed E-state index contributed by atoms with van der Waals surface area (Å²) in [6.45, 7) is 5.01. The Morgan fingerprint density at radius 1 is 0.340 bits per heavy atom. The smallest absolute Gasteiger partial charge is 0.165 e. The summed E-state index contributed by atoms with van der Waals surface area (Å²) in [5.41, 5.74) is 10.6.